The third-order valence-corrected chi connectivity index (χ3v) is 5.16. The van der Waals surface area contributed by atoms with Gasteiger partial charge >= 0.3 is 0 Å². The van der Waals surface area contributed by atoms with Crippen LogP contribution >= 0.6 is 0 Å². The number of ether oxygens (including phenoxy) is 2. The molecule has 0 unspecified atom stereocenters. The lowest BCUT2D eigenvalue weighted by atomic mass is 10.2. The molecule has 1 fully saturated rings. The average molecular weight is 402 g/mol. The number of para-hydroxylation sites is 2. The number of benzene rings is 2. The maximum Gasteiger partial charge on any atom is 0.241 e. The molecule has 0 atom stereocenters. The summed E-state index contributed by atoms with van der Waals surface area (Å²) in [6.45, 7) is 4.75. The highest BCUT2D eigenvalue weighted by molar-refractivity contribution is 5.77. The predicted molar refractivity (Wildman–Crippen MR) is 114 cm³/mol. The van der Waals surface area contributed by atoms with E-state index >= 15 is 0 Å². The molecule has 152 valence electrons. The summed E-state index contributed by atoms with van der Waals surface area (Å²) >= 11 is 0. The average Bonchev–Trinajstić information content (AvgIpc) is 3.15. The molecule has 2 aromatic carbocycles. The summed E-state index contributed by atoms with van der Waals surface area (Å²) < 4.78 is 12.9. The number of hydrogen-bond donors (Lipinski definition) is 0. The summed E-state index contributed by atoms with van der Waals surface area (Å²) in [5.41, 5.74) is 2.74. The Morgan fingerprint density at radius 2 is 1.70 bits per heavy atom. The number of aromatic nitrogens is 5. The van der Waals surface area contributed by atoms with Crippen molar-refractivity contribution >= 4 is 17.0 Å². The Labute approximate surface area is 174 Å². The second kappa shape index (κ2) is 7.72. The molecule has 4 aromatic rings. The van der Waals surface area contributed by atoms with Crippen molar-refractivity contribution in [1.29, 1.82) is 0 Å². The normalized spacial score (nSPS) is 14.3. The Morgan fingerprint density at radius 1 is 0.900 bits per heavy atom. The van der Waals surface area contributed by atoms with E-state index < -0.39 is 0 Å². The van der Waals surface area contributed by atoms with Gasteiger partial charge in [0.25, 0.3) is 0 Å². The van der Waals surface area contributed by atoms with Crippen molar-refractivity contribution in [1.82, 2.24) is 24.5 Å². The van der Waals surface area contributed by atoms with Crippen molar-refractivity contribution in [3.63, 3.8) is 0 Å². The standard InChI is InChI=1S/C22H22N6O2/c1-15-23-18-8-3-4-9-19(18)28(15)22-25-20(16-6-5-7-17(14-16)29-2)24-21(26-22)27-10-12-30-13-11-27/h3-9,14H,10-13H2,1-2H3. The van der Waals surface area contributed by atoms with Crippen LogP contribution in [-0.4, -0.2) is 57.9 Å². The fraction of sp³-hybridized carbons (Fsp3) is 0.273. The Morgan fingerprint density at radius 3 is 2.53 bits per heavy atom. The van der Waals surface area contributed by atoms with Gasteiger partial charge in [-0.2, -0.15) is 15.0 Å². The highest BCUT2D eigenvalue weighted by Gasteiger charge is 2.20. The molecule has 1 saturated heterocycles. The largest absolute Gasteiger partial charge is 0.497 e. The first-order chi connectivity index (χ1) is 14.7. The summed E-state index contributed by atoms with van der Waals surface area (Å²) in [7, 11) is 1.65. The van der Waals surface area contributed by atoms with E-state index in [1.54, 1.807) is 7.11 Å². The van der Waals surface area contributed by atoms with E-state index in [0.29, 0.717) is 30.9 Å². The second-order valence-corrected chi connectivity index (χ2v) is 7.07. The molecule has 0 spiro atoms. The number of methoxy groups -OCH3 is 1. The first-order valence-corrected chi connectivity index (χ1v) is 9.90. The van der Waals surface area contributed by atoms with Gasteiger partial charge in [-0.25, -0.2) is 4.98 Å². The van der Waals surface area contributed by atoms with Crippen molar-refractivity contribution in [2.45, 2.75) is 6.92 Å². The zero-order chi connectivity index (χ0) is 20.5. The quantitative estimate of drug-likeness (QED) is 0.519. The highest BCUT2D eigenvalue weighted by Crippen LogP contribution is 2.26. The molecule has 8 nitrogen and oxygen atoms in total. The topological polar surface area (TPSA) is 78.2 Å². The van der Waals surface area contributed by atoms with Crippen molar-refractivity contribution in [3.05, 3.63) is 54.4 Å². The highest BCUT2D eigenvalue weighted by atomic mass is 16.5. The van der Waals surface area contributed by atoms with Crippen LogP contribution in [0.4, 0.5) is 5.95 Å². The predicted octanol–water partition coefficient (Wildman–Crippen LogP) is 3.03. The van der Waals surface area contributed by atoms with Gasteiger partial charge in [0.15, 0.2) is 5.82 Å². The lowest BCUT2D eigenvalue weighted by Crippen LogP contribution is -2.37. The van der Waals surface area contributed by atoms with E-state index in [1.807, 2.05) is 60.0 Å². The monoisotopic (exact) mass is 402 g/mol. The van der Waals surface area contributed by atoms with Crippen molar-refractivity contribution < 1.29 is 9.47 Å². The molecule has 1 aliphatic heterocycles. The third kappa shape index (κ3) is 3.35. The van der Waals surface area contributed by atoms with Crippen LogP contribution < -0.4 is 9.64 Å². The van der Waals surface area contributed by atoms with Crippen molar-refractivity contribution in [2.24, 2.45) is 0 Å². The number of anilines is 1. The SMILES string of the molecule is COc1cccc(-c2nc(N3CCOCC3)nc(-n3c(C)nc4ccccc43)n2)c1. The minimum Gasteiger partial charge on any atom is -0.497 e. The maximum absolute atomic E-state index is 5.50. The molecule has 2 aromatic heterocycles. The molecule has 0 aliphatic carbocycles. The van der Waals surface area contributed by atoms with Gasteiger partial charge in [0.1, 0.15) is 11.6 Å². The van der Waals surface area contributed by atoms with E-state index in [0.717, 1.165) is 41.3 Å². The van der Waals surface area contributed by atoms with Crippen LogP contribution in [0.1, 0.15) is 5.82 Å². The van der Waals surface area contributed by atoms with E-state index in [1.165, 1.54) is 0 Å². The van der Waals surface area contributed by atoms with Gasteiger partial charge in [0.05, 0.1) is 31.4 Å². The molecule has 0 radical (unpaired) electrons. The van der Waals surface area contributed by atoms with Crippen molar-refractivity contribution in [2.75, 3.05) is 38.3 Å². The zero-order valence-corrected chi connectivity index (χ0v) is 16.9. The molecular weight excluding hydrogens is 380 g/mol. The molecule has 0 amide bonds. The van der Waals surface area contributed by atoms with Crippen LogP contribution in [0.15, 0.2) is 48.5 Å². The van der Waals surface area contributed by atoms with Crippen molar-refractivity contribution in [3.8, 4) is 23.1 Å². The summed E-state index contributed by atoms with van der Waals surface area (Å²) in [4.78, 5) is 21.2. The Hall–Kier alpha value is -3.52. The number of imidazole rings is 1. The summed E-state index contributed by atoms with van der Waals surface area (Å²) in [6, 6.07) is 15.7. The van der Waals surface area contributed by atoms with Crippen LogP contribution in [0.5, 0.6) is 5.75 Å². The van der Waals surface area contributed by atoms with E-state index in [2.05, 4.69) is 9.88 Å². The van der Waals surface area contributed by atoms with Crippen LogP contribution in [0.3, 0.4) is 0 Å². The van der Waals surface area contributed by atoms with E-state index in [9.17, 15) is 0 Å². The maximum atomic E-state index is 5.50. The number of nitrogens with zero attached hydrogens (tertiary/aromatic N) is 6. The van der Waals surface area contributed by atoms with E-state index in [-0.39, 0.29) is 0 Å². The van der Waals surface area contributed by atoms with Crippen LogP contribution in [0.25, 0.3) is 28.4 Å². The first-order valence-electron chi connectivity index (χ1n) is 9.90. The van der Waals surface area contributed by atoms with Gasteiger partial charge < -0.3 is 14.4 Å². The van der Waals surface area contributed by atoms with Gasteiger partial charge in [0.2, 0.25) is 11.9 Å². The molecule has 30 heavy (non-hydrogen) atoms. The summed E-state index contributed by atoms with van der Waals surface area (Å²) in [6.07, 6.45) is 0. The number of aryl methyl sites for hydroxylation is 1. The van der Waals surface area contributed by atoms with Gasteiger partial charge in [-0.05, 0) is 31.2 Å². The Balaban J connectivity index is 1.70. The van der Waals surface area contributed by atoms with Crippen LogP contribution in [-0.2, 0) is 4.74 Å². The molecule has 0 N–H and O–H groups in total. The smallest absolute Gasteiger partial charge is 0.241 e. The zero-order valence-electron chi connectivity index (χ0n) is 16.9. The molecule has 5 rings (SSSR count). The van der Waals surface area contributed by atoms with Gasteiger partial charge in [-0.3, -0.25) is 4.57 Å². The molecule has 1 aliphatic rings. The van der Waals surface area contributed by atoms with Gasteiger partial charge in [-0.15, -0.1) is 0 Å². The third-order valence-electron chi connectivity index (χ3n) is 5.16. The minimum atomic E-state index is 0.551. The molecular formula is C22H22N6O2. The number of morpholine rings is 1. The second-order valence-electron chi connectivity index (χ2n) is 7.07. The lowest BCUT2D eigenvalue weighted by Gasteiger charge is -2.27. The molecule has 8 heteroatoms. The fourth-order valence-electron chi connectivity index (χ4n) is 3.65. The first kappa shape index (κ1) is 18.5. The number of fused-ring (bicyclic) bond motifs is 1. The molecule has 0 bridgehead atoms. The van der Waals surface area contributed by atoms with Gasteiger partial charge in [-0.1, -0.05) is 24.3 Å². The fourth-order valence-corrected chi connectivity index (χ4v) is 3.65. The van der Waals surface area contributed by atoms with Gasteiger partial charge in [0, 0.05) is 18.7 Å². The lowest BCUT2D eigenvalue weighted by molar-refractivity contribution is 0.122. The summed E-state index contributed by atoms with van der Waals surface area (Å²) in [5, 5.41) is 0. The van der Waals surface area contributed by atoms with Crippen LogP contribution in [0, 0.1) is 6.92 Å². The number of rotatable bonds is 4. The Bertz CT molecular complexity index is 1200. The van der Waals surface area contributed by atoms with E-state index in [4.69, 9.17) is 24.4 Å². The van der Waals surface area contributed by atoms with Crippen LogP contribution in [0.2, 0.25) is 0 Å². The molecule has 3 heterocycles. The Kier molecular flexibility index (Phi) is 4.76. The molecule has 0 saturated carbocycles. The summed E-state index contributed by atoms with van der Waals surface area (Å²) in [5.74, 6) is 3.37. The minimum absolute atomic E-state index is 0.551. The number of hydrogen-bond acceptors (Lipinski definition) is 7.